The Morgan fingerprint density at radius 3 is 2.96 bits per heavy atom. The van der Waals surface area contributed by atoms with Crippen LogP contribution in [0.2, 0.25) is 0 Å². The summed E-state index contributed by atoms with van der Waals surface area (Å²) < 4.78 is 0. The van der Waals surface area contributed by atoms with Crippen molar-refractivity contribution in [1.82, 2.24) is 15.0 Å². The van der Waals surface area contributed by atoms with Gasteiger partial charge in [-0.05, 0) is 42.5 Å². The number of aromatic nitrogens is 3. The maximum atomic E-state index is 12.1. The van der Waals surface area contributed by atoms with Gasteiger partial charge in [0.2, 0.25) is 5.91 Å². The molecule has 0 aromatic carbocycles. The zero-order valence-corrected chi connectivity index (χ0v) is 14.1. The smallest absolute Gasteiger partial charge is 0.230 e. The van der Waals surface area contributed by atoms with Crippen LogP contribution < -0.4 is 11.1 Å². The van der Waals surface area contributed by atoms with Gasteiger partial charge in [-0.3, -0.25) is 9.78 Å². The van der Waals surface area contributed by atoms with Gasteiger partial charge in [0.05, 0.1) is 23.6 Å². The van der Waals surface area contributed by atoms with Crippen LogP contribution in [0.4, 0.5) is 11.6 Å². The molecule has 26 heavy (non-hydrogen) atoms. The van der Waals surface area contributed by atoms with Crippen LogP contribution in [-0.4, -0.2) is 20.9 Å². The lowest BCUT2D eigenvalue weighted by atomic mass is 10.1. The Labute approximate surface area is 149 Å². The van der Waals surface area contributed by atoms with Gasteiger partial charge in [0, 0.05) is 29.5 Å². The third-order valence-corrected chi connectivity index (χ3v) is 4.60. The first-order valence-electron chi connectivity index (χ1n) is 8.24. The van der Waals surface area contributed by atoms with E-state index in [1.54, 1.807) is 24.7 Å². The number of hydrogen-bond acceptors (Lipinski definition) is 6. The van der Waals surface area contributed by atoms with Crippen molar-refractivity contribution in [2.24, 2.45) is 11.8 Å². The van der Waals surface area contributed by atoms with E-state index in [-0.39, 0.29) is 17.7 Å². The topological polar surface area (TPSA) is 118 Å². The first-order valence-corrected chi connectivity index (χ1v) is 8.24. The van der Waals surface area contributed by atoms with Crippen LogP contribution in [-0.2, 0) is 4.79 Å². The molecule has 0 radical (unpaired) electrons. The zero-order chi connectivity index (χ0) is 18.3. The van der Waals surface area contributed by atoms with E-state index in [1.807, 2.05) is 19.1 Å². The summed E-state index contributed by atoms with van der Waals surface area (Å²) in [5, 5.41) is 13.2. The predicted molar refractivity (Wildman–Crippen MR) is 97.8 cm³/mol. The summed E-state index contributed by atoms with van der Waals surface area (Å²) in [7, 11) is 0. The van der Waals surface area contributed by atoms with Crippen LogP contribution in [0.1, 0.15) is 12.0 Å². The lowest BCUT2D eigenvalue weighted by Crippen LogP contribution is -2.15. The van der Waals surface area contributed by atoms with Crippen molar-refractivity contribution in [3.8, 4) is 17.3 Å². The molecule has 0 saturated heterocycles. The van der Waals surface area contributed by atoms with Gasteiger partial charge in [-0.25, -0.2) is 9.97 Å². The number of amides is 1. The van der Waals surface area contributed by atoms with E-state index in [0.29, 0.717) is 18.1 Å². The molecule has 1 fully saturated rings. The summed E-state index contributed by atoms with van der Waals surface area (Å²) in [6.07, 6.45) is 5.69. The van der Waals surface area contributed by atoms with Gasteiger partial charge in [0.1, 0.15) is 11.6 Å². The highest BCUT2D eigenvalue weighted by Gasteiger charge is 2.43. The van der Waals surface area contributed by atoms with Crippen LogP contribution in [0.15, 0.2) is 36.8 Å². The molecule has 1 unspecified atom stereocenters. The molecule has 0 aliphatic heterocycles. The van der Waals surface area contributed by atoms with Crippen molar-refractivity contribution >= 4 is 28.3 Å². The second kappa shape index (κ2) is 6.08. The number of fused-ring (bicyclic) bond motifs is 1. The van der Waals surface area contributed by atoms with Crippen molar-refractivity contribution in [2.45, 2.75) is 13.3 Å². The number of carbonyl (C=O) groups excluding carboxylic acids is 1. The molecule has 128 valence electrons. The van der Waals surface area contributed by atoms with Crippen LogP contribution in [0.25, 0.3) is 22.0 Å². The van der Waals surface area contributed by atoms with Crippen LogP contribution in [0.5, 0.6) is 0 Å². The number of hydrogen-bond donors (Lipinski definition) is 2. The van der Waals surface area contributed by atoms with Gasteiger partial charge in [-0.1, -0.05) is 0 Å². The third kappa shape index (κ3) is 2.82. The van der Waals surface area contributed by atoms with Crippen molar-refractivity contribution in [3.05, 3.63) is 42.4 Å². The second-order valence-corrected chi connectivity index (χ2v) is 6.44. The molecular formula is C19H16N6O. The number of carbonyl (C=O) groups is 1. The molecule has 1 aliphatic carbocycles. The summed E-state index contributed by atoms with van der Waals surface area (Å²) in [4.78, 5) is 25.0. The Balaban J connectivity index is 1.70. The minimum atomic E-state index is -0.242. The van der Waals surface area contributed by atoms with Crippen molar-refractivity contribution in [2.75, 3.05) is 11.1 Å². The largest absolute Gasteiger partial charge is 0.383 e. The van der Waals surface area contributed by atoms with Crippen LogP contribution >= 0.6 is 0 Å². The first kappa shape index (κ1) is 16.0. The normalized spacial score (nSPS) is 18.3. The predicted octanol–water partition coefficient (Wildman–Crippen LogP) is 2.68. The fraction of sp³-hybridized carbons (Fsp3) is 0.211. The molecular weight excluding hydrogens is 328 g/mol. The quantitative estimate of drug-likeness (QED) is 0.754. The standard InChI is InChI=1S/C19H16N6O/c1-10-2-3-22-8-14(10)16-5-11-6-17(23-9-15(11)18(21)24-16)25-19(26)13-4-12(13)7-20/h2-3,5-6,8-9,12-13H,4H2,1H3,(H2,21,24)(H,23,25,26)/t12?,13-/m0/s1. The van der Waals surface area contributed by atoms with Gasteiger partial charge in [0.25, 0.3) is 0 Å². The summed E-state index contributed by atoms with van der Waals surface area (Å²) in [5.41, 5.74) is 8.76. The molecule has 4 rings (SSSR count). The highest BCUT2D eigenvalue weighted by molar-refractivity contribution is 5.98. The molecule has 0 bridgehead atoms. The highest BCUT2D eigenvalue weighted by atomic mass is 16.2. The molecule has 1 saturated carbocycles. The van der Waals surface area contributed by atoms with E-state index < -0.39 is 0 Å². The summed E-state index contributed by atoms with van der Waals surface area (Å²) in [6.45, 7) is 1.98. The van der Waals surface area contributed by atoms with Gasteiger partial charge < -0.3 is 11.1 Å². The van der Waals surface area contributed by atoms with E-state index in [4.69, 9.17) is 11.0 Å². The molecule has 3 aromatic heterocycles. The minimum absolute atomic E-state index is 0.172. The van der Waals surface area contributed by atoms with Crippen LogP contribution in [0.3, 0.4) is 0 Å². The van der Waals surface area contributed by atoms with Gasteiger partial charge >= 0.3 is 0 Å². The van der Waals surface area contributed by atoms with E-state index in [1.165, 1.54) is 0 Å². The monoisotopic (exact) mass is 344 g/mol. The molecule has 0 spiro atoms. The zero-order valence-electron chi connectivity index (χ0n) is 14.1. The van der Waals surface area contributed by atoms with Gasteiger partial charge in [0.15, 0.2) is 0 Å². The molecule has 7 nitrogen and oxygen atoms in total. The molecule has 2 atom stereocenters. The van der Waals surface area contributed by atoms with E-state index in [9.17, 15) is 4.79 Å². The summed E-state index contributed by atoms with van der Waals surface area (Å²) in [5.74, 6) is 0.209. The third-order valence-electron chi connectivity index (χ3n) is 4.60. The summed E-state index contributed by atoms with van der Waals surface area (Å²) in [6, 6.07) is 7.70. The number of nitrogens with zero attached hydrogens (tertiary/aromatic N) is 4. The first-order chi connectivity index (χ1) is 12.6. The van der Waals surface area contributed by atoms with Gasteiger partial charge in [-0.15, -0.1) is 0 Å². The van der Waals surface area contributed by atoms with Crippen molar-refractivity contribution in [1.29, 1.82) is 5.26 Å². The summed E-state index contributed by atoms with van der Waals surface area (Å²) >= 11 is 0. The second-order valence-electron chi connectivity index (χ2n) is 6.44. The Morgan fingerprint density at radius 1 is 1.38 bits per heavy atom. The Bertz CT molecular complexity index is 1070. The van der Waals surface area contributed by atoms with E-state index in [0.717, 1.165) is 27.6 Å². The Kier molecular flexibility index (Phi) is 3.73. The number of pyridine rings is 3. The lowest BCUT2D eigenvalue weighted by Gasteiger charge is -2.10. The van der Waals surface area contributed by atoms with E-state index in [2.05, 4.69) is 26.3 Å². The van der Waals surface area contributed by atoms with E-state index >= 15 is 0 Å². The number of nitrogens with two attached hydrogens (primary N) is 1. The number of nitrogens with one attached hydrogen (secondary N) is 1. The van der Waals surface area contributed by atoms with Gasteiger partial charge in [-0.2, -0.15) is 5.26 Å². The average Bonchev–Trinajstić information content (AvgIpc) is 3.42. The number of anilines is 2. The molecule has 3 N–H and O–H groups in total. The number of nitrogen functional groups attached to an aromatic ring is 1. The van der Waals surface area contributed by atoms with Crippen LogP contribution in [0, 0.1) is 30.1 Å². The number of nitriles is 1. The number of aryl methyl sites for hydroxylation is 1. The molecule has 7 heteroatoms. The SMILES string of the molecule is Cc1ccncc1-c1cc2cc(NC(=O)[C@H]3CC3C#N)ncc2c(N)n1. The maximum Gasteiger partial charge on any atom is 0.230 e. The maximum absolute atomic E-state index is 12.1. The molecule has 1 aliphatic rings. The van der Waals surface area contributed by atoms with Crippen molar-refractivity contribution in [3.63, 3.8) is 0 Å². The average molecular weight is 344 g/mol. The molecule has 3 heterocycles. The fourth-order valence-electron chi connectivity index (χ4n) is 2.96. The molecule has 3 aromatic rings. The van der Waals surface area contributed by atoms with Crippen molar-refractivity contribution < 1.29 is 4.79 Å². The number of rotatable bonds is 3. The fourth-order valence-corrected chi connectivity index (χ4v) is 2.96. The minimum Gasteiger partial charge on any atom is -0.383 e. The molecule has 1 amide bonds. The lowest BCUT2D eigenvalue weighted by molar-refractivity contribution is -0.117. The Morgan fingerprint density at radius 2 is 2.23 bits per heavy atom. The Hall–Kier alpha value is -3.53. The highest BCUT2D eigenvalue weighted by Crippen LogP contribution is 2.38.